The zero-order chi connectivity index (χ0) is 12.0. The van der Waals surface area contributed by atoms with Crippen LogP contribution in [0.5, 0.6) is 0 Å². The Morgan fingerprint density at radius 1 is 1.50 bits per heavy atom. The Balaban J connectivity index is 2.62. The Labute approximate surface area is 96.0 Å². The molecule has 0 aliphatic heterocycles. The molecule has 0 bridgehead atoms. The molecule has 1 aromatic rings. The van der Waals surface area contributed by atoms with Crippen LogP contribution in [0.15, 0.2) is 24.5 Å². The van der Waals surface area contributed by atoms with Crippen LogP contribution < -0.4 is 5.32 Å². The number of nitrogens with zero attached hydrogens (tertiary/aromatic N) is 1. The minimum absolute atomic E-state index is 0.104. The summed E-state index contributed by atoms with van der Waals surface area (Å²) >= 11 is 0. The number of methoxy groups -OCH3 is 1. The molecule has 88 valence electrons. The summed E-state index contributed by atoms with van der Waals surface area (Å²) in [7, 11) is 1.41. The van der Waals surface area contributed by atoms with E-state index in [1.165, 1.54) is 7.11 Å². The topological polar surface area (TPSA) is 51.2 Å². The fourth-order valence-corrected chi connectivity index (χ4v) is 1.54. The number of nitrogens with one attached hydrogen (secondary N) is 1. The maximum absolute atomic E-state index is 11.4. The van der Waals surface area contributed by atoms with Crippen molar-refractivity contribution in [1.29, 1.82) is 0 Å². The lowest BCUT2D eigenvalue weighted by molar-refractivity contribution is -0.143. The van der Waals surface area contributed by atoms with Gasteiger partial charge in [0.2, 0.25) is 0 Å². The van der Waals surface area contributed by atoms with Gasteiger partial charge in [0.1, 0.15) is 6.04 Å². The molecule has 0 aliphatic carbocycles. The molecule has 1 unspecified atom stereocenters. The summed E-state index contributed by atoms with van der Waals surface area (Å²) in [5, 5.41) is 3.23. The van der Waals surface area contributed by atoms with Gasteiger partial charge in [0.15, 0.2) is 0 Å². The molecule has 1 N–H and O–H groups in total. The first-order valence-electron chi connectivity index (χ1n) is 5.42. The van der Waals surface area contributed by atoms with E-state index in [9.17, 15) is 4.79 Å². The van der Waals surface area contributed by atoms with Gasteiger partial charge in [0, 0.05) is 18.4 Å². The van der Waals surface area contributed by atoms with E-state index in [4.69, 9.17) is 4.74 Å². The molecule has 4 nitrogen and oxygen atoms in total. The van der Waals surface area contributed by atoms with Crippen molar-refractivity contribution in [2.45, 2.75) is 32.4 Å². The van der Waals surface area contributed by atoms with Crippen LogP contribution in [0.1, 0.15) is 31.9 Å². The summed E-state index contributed by atoms with van der Waals surface area (Å²) in [6, 6.07) is 3.71. The average molecular weight is 222 g/mol. The van der Waals surface area contributed by atoms with E-state index in [0.29, 0.717) is 6.42 Å². The molecular formula is C12H18N2O2. The molecule has 1 rings (SSSR count). The van der Waals surface area contributed by atoms with Crippen LogP contribution in [0, 0.1) is 0 Å². The molecule has 2 atom stereocenters. The Morgan fingerprint density at radius 3 is 2.62 bits per heavy atom. The maximum atomic E-state index is 11.4. The predicted octanol–water partition coefficient (Wildman–Crippen LogP) is 1.68. The van der Waals surface area contributed by atoms with Crippen molar-refractivity contribution >= 4 is 5.97 Å². The standard InChI is InChI=1S/C12H18N2O2/c1-4-11(12(15)16-3)14-9(2)10-5-7-13-8-6-10/h5-9,11,14H,4H2,1-3H3/t9-,11?/m0/s1. The van der Waals surface area contributed by atoms with E-state index < -0.39 is 0 Å². The third kappa shape index (κ3) is 3.31. The van der Waals surface area contributed by atoms with Crippen molar-refractivity contribution < 1.29 is 9.53 Å². The SMILES string of the molecule is CCC(N[C@@H](C)c1ccncc1)C(=O)OC. The summed E-state index contributed by atoms with van der Waals surface area (Å²) < 4.78 is 4.73. The highest BCUT2D eigenvalue weighted by molar-refractivity contribution is 5.75. The lowest BCUT2D eigenvalue weighted by Crippen LogP contribution is -2.38. The smallest absolute Gasteiger partial charge is 0.322 e. The van der Waals surface area contributed by atoms with E-state index in [2.05, 4.69) is 10.3 Å². The second-order valence-electron chi connectivity index (χ2n) is 3.65. The number of pyridine rings is 1. The number of esters is 1. The maximum Gasteiger partial charge on any atom is 0.322 e. The van der Waals surface area contributed by atoms with Crippen molar-refractivity contribution in [3.05, 3.63) is 30.1 Å². The van der Waals surface area contributed by atoms with Gasteiger partial charge in [-0.25, -0.2) is 0 Å². The Hall–Kier alpha value is -1.42. The second-order valence-corrected chi connectivity index (χ2v) is 3.65. The van der Waals surface area contributed by atoms with E-state index in [0.717, 1.165) is 5.56 Å². The molecule has 0 saturated heterocycles. The first-order valence-corrected chi connectivity index (χ1v) is 5.42. The Morgan fingerprint density at radius 2 is 2.12 bits per heavy atom. The van der Waals surface area contributed by atoms with Crippen molar-refractivity contribution in [3.63, 3.8) is 0 Å². The number of carbonyl (C=O) groups is 1. The second kappa shape index (κ2) is 6.23. The van der Waals surface area contributed by atoms with Gasteiger partial charge in [-0.05, 0) is 31.0 Å². The molecule has 4 heteroatoms. The molecule has 0 aromatic carbocycles. The largest absolute Gasteiger partial charge is 0.468 e. The minimum Gasteiger partial charge on any atom is -0.468 e. The highest BCUT2D eigenvalue weighted by Crippen LogP contribution is 2.12. The molecule has 0 radical (unpaired) electrons. The summed E-state index contributed by atoms with van der Waals surface area (Å²) in [4.78, 5) is 15.4. The van der Waals surface area contributed by atoms with Crippen LogP contribution in [0.25, 0.3) is 0 Å². The predicted molar refractivity (Wildman–Crippen MR) is 61.9 cm³/mol. The lowest BCUT2D eigenvalue weighted by atomic mass is 10.1. The molecule has 16 heavy (non-hydrogen) atoms. The molecule has 0 fully saturated rings. The number of hydrogen-bond donors (Lipinski definition) is 1. The van der Waals surface area contributed by atoms with Gasteiger partial charge < -0.3 is 4.74 Å². The highest BCUT2D eigenvalue weighted by atomic mass is 16.5. The lowest BCUT2D eigenvalue weighted by Gasteiger charge is -2.20. The van der Waals surface area contributed by atoms with E-state index in [-0.39, 0.29) is 18.1 Å². The quantitative estimate of drug-likeness (QED) is 0.770. The van der Waals surface area contributed by atoms with Crippen LogP contribution in [0.3, 0.4) is 0 Å². The van der Waals surface area contributed by atoms with Crippen molar-refractivity contribution in [3.8, 4) is 0 Å². The first-order chi connectivity index (χ1) is 7.69. The van der Waals surface area contributed by atoms with Gasteiger partial charge >= 0.3 is 5.97 Å². The summed E-state index contributed by atoms with van der Waals surface area (Å²) in [5.41, 5.74) is 1.11. The van der Waals surface area contributed by atoms with Crippen molar-refractivity contribution in [2.24, 2.45) is 0 Å². The highest BCUT2D eigenvalue weighted by Gasteiger charge is 2.19. The first kappa shape index (κ1) is 12.6. The van der Waals surface area contributed by atoms with Gasteiger partial charge in [0.05, 0.1) is 7.11 Å². The van der Waals surface area contributed by atoms with Crippen LogP contribution in [-0.4, -0.2) is 24.1 Å². The van der Waals surface area contributed by atoms with Crippen LogP contribution in [0.2, 0.25) is 0 Å². The zero-order valence-corrected chi connectivity index (χ0v) is 9.93. The molecule has 0 spiro atoms. The molecule has 0 saturated carbocycles. The number of aromatic nitrogens is 1. The molecule has 1 heterocycles. The molecule has 1 aromatic heterocycles. The zero-order valence-electron chi connectivity index (χ0n) is 9.93. The minimum atomic E-state index is -0.256. The number of carbonyl (C=O) groups excluding carboxylic acids is 1. The monoisotopic (exact) mass is 222 g/mol. The molecular weight excluding hydrogens is 204 g/mol. The summed E-state index contributed by atoms with van der Waals surface area (Å²) in [6.45, 7) is 3.97. The van der Waals surface area contributed by atoms with Gasteiger partial charge in [-0.15, -0.1) is 0 Å². The van der Waals surface area contributed by atoms with Gasteiger partial charge in [-0.3, -0.25) is 15.1 Å². The number of rotatable bonds is 5. The van der Waals surface area contributed by atoms with Gasteiger partial charge in [0.25, 0.3) is 0 Å². The number of hydrogen-bond acceptors (Lipinski definition) is 4. The van der Waals surface area contributed by atoms with Crippen molar-refractivity contribution in [1.82, 2.24) is 10.3 Å². The van der Waals surface area contributed by atoms with Gasteiger partial charge in [-0.1, -0.05) is 6.92 Å². The summed E-state index contributed by atoms with van der Waals surface area (Å²) in [5.74, 6) is -0.219. The number of ether oxygens (including phenoxy) is 1. The third-order valence-corrected chi connectivity index (χ3v) is 2.55. The Kier molecular flexibility index (Phi) is 4.92. The fraction of sp³-hybridized carbons (Fsp3) is 0.500. The molecule has 0 amide bonds. The van der Waals surface area contributed by atoms with Crippen LogP contribution >= 0.6 is 0 Å². The van der Waals surface area contributed by atoms with Crippen molar-refractivity contribution in [2.75, 3.05) is 7.11 Å². The van der Waals surface area contributed by atoms with E-state index >= 15 is 0 Å². The molecule has 0 aliphatic rings. The van der Waals surface area contributed by atoms with Crippen LogP contribution in [0.4, 0.5) is 0 Å². The van der Waals surface area contributed by atoms with Crippen LogP contribution in [-0.2, 0) is 9.53 Å². The third-order valence-electron chi connectivity index (χ3n) is 2.55. The van der Waals surface area contributed by atoms with E-state index in [1.54, 1.807) is 12.4 Å². The Bertz CT molecular complexity index is 327. The normalized spacial score (nSPS) is 14.2. The van der Waals surface area contributed by atoms with E-state index in [1.807, 2.05) is 26.0 Å². The average Bonchev–Trinajstić information content (AvgIpc) is 2.35. The summed E-state index contributed by atoms with van der Waals surface area (Å²) in [6.07, 6.45) is 4.20. The fourth-order valence-electron chi connectivity index (χ4n) is 1.54. The van der Waals surface area contributed by atoms with Gasteiger partial charge in [-0.2, -0.15) is 0 Å².